The minimum atomic E-state index is -1.50. The van der Waals surface area contributed by atoms with Gasteiger partial charge in [0, 0.05) is 44.1 Å². The molecule has 1 aliphatic heterocycles. The third-order valence-corrected chi connectivity index (χ3v) is 6.36. The lowest BCUT2D eigenvalue weighted by Crippen LogP contribution is -2.47. The number of hydrogen-bond acceptors (Lipinski definition) is 4. The Hall–Kier alpha value is -2.28. The van der Waals surface area contributed by atoms with Crippen LogP contribution >= 0.6 is 0 Å². The number of hydrogen-bond donors (Lipinski definition) is 0. The highest BCUT2D eigenvalue weighted by Crippen LogP contribution is 2.44. The summed E-state index contributed by atoms with van der Waals surface area (Å²) in [5, 5.41) is 0. The largest absolute Gasteiger partial charge is 0.383 e. The molecule has 1 saturated heterocycles. The van der Waals surface area contributed by atoms with Crippen LogP contribution in [0.2, 0.25) is 0 Å². The Morgan fingerprint density at radius 2 is 1.93 bits per heavy atom. The topological polar surface area (TPSA) is 66.9 Å². The summed E-state index contributed by atoms with van der Waals surface area (Å²) in [7, 11) is 1.56. The zero-order chi connectivity index (χ0) is 21.9. The lowest BCUT2D eigenvalue weighted by Gasteiger charge is -2.33. The van der Waals surface area contributed by atoms with Gasteiger partial charge in [-0.2, -0.15) is 0 Å². The van der Waals surface area contributed by atoms with Gasteiger partial charge in [-0.3, -0.25) is 19.3 Å². The summed E-state index contributed by atoms with van der Waals surface area (Å²) in [6.07, 6.45) is 3.06. The highest BCUT2D eigenvalue weighted by molar-refractivity contribution is 6.11. The number of ether oxygens (including phenoxy) is 1. The maximum Gasteiger partial charge on any atom is 0.241 e. The molecular formula is C23H31FN2O4. The summed E-state index contributed by atoms with van der Waals surface area (Å²) in [6, 6.07) is 5.74. The lowest BCUT2D eigenvalue weighted by atomic mass is 9.75. The number of amides is 3. The summed E-state index contributed by atoms with van der Waals surface area (Å²) in [6.45, 7) is 4.50. The molecule has 1 aromatic carbocycles. The van der Waals surface area contributed by atoms with Gasteiger partial charge in [-0.1, -0.05) is 31.0 Å². The van der Waals surface area contributed by atoms with E-state index in [4.69, 9.17) is 4.74 Å². The van der Waals surface area contributed by atoms with E-state index in [9.17, 15) is 18.8 Å². The van der Waals surface area contributed by atoms with E-state index in [1.165, 1.54) is 17.0 Å². The van der Waals surface area contributed by atoms with Gasteiger partial charge in [0.1, 0.15) is 5.82 Å². The monoisotopic (exact) mass is 418 g/mol. The third-order valence-electron chi connectivity index (χ3n) is 6.36. The molecule has 164 valence electrons. The molecule has 1 heterocycles. The highest BCUT2D eigenvalue weighted by Gasteiger charge is 2.56. The van der Waals surface area contributed by atoms with Crippen LogP contribution in [0.4, 0.5) is 4.39 Å². The maximum atomic E-state index is 14.9. The first-order chi connectivity index (χ1) is 14.3. The lowest BCUT2D eigenvalue weighted by molar-refractivity contribution is -0.145. The zero-order valence-electron chi connectivity index (χ0n) is 18.0. The van der Waals surface area contributed by atoms with Crippen LogP contribution in [0.3, 0.4) is 0 Å². The van der Waals surface area contributed by atoms with Gasteiger partial charge in [-0.25, -0.2) is 4.39 Å². The number of rotatable bonds is 8. The number of carbonyl (C=O) groups excluding carboxylic acids is 3. The summed E-state index contributed by atoms with van der Waals surface area (Å²) < 4.78 is 20.0. The van der Waals surface area contributed by atoms with Crippen LogP contribution in [0.1, 0.15) is 57.9 Å². The molecule has 3 rings (SSSR count). The number of halogens is 1. The molecule has 0 bridgehead atoms. The van der Waals surface area contributed by atoms with Gasteiger partial charge < -0.3 is 9.64 Å². The van der Waals surface area contributed by atoms with Crippen molar-refractivity contribution in [1.29, 1.82) is 0 Å². The van der Waals surface area contributed by atoms with E-state index in [2.05, 4.69) is 0 Å². The van der Waals surface area contributed by atoms with Crippen molar-refractivity contribution in [3.8, 4) is 0 Å². The van der Waals surface area contributed by atoms with Crippen LogP contribution < -0.4 is 0 Å². The quantitative estimate of drug-likeness (QED) is 0.609. The van der Waals surface area contributed by atoms with Gasteiger partial charge in [0.2, 0.25) is 17.7 Å². The molecule has 6 nitrogen and oxygen atoms in total. The summed E-state index contributed by atoms with van der Waals surface area (Å²) in [5.41, 5.74) is -1.37. The molecule has 0 radical (unpaired) electrons. The standard InChI is InChI=1S/C23H31FN2O4/c1-16(2)25(12-13-30-3)20(27)14-23(18-10-6-7-11-19(18)24)15-21(28)26(22(23)29)17-8-4-5-9-17/h6-7,10-11,16-17H,4-5,8-9,12-15H2,1-3H3/t23-/m0/s1. The van der Waals surface area contributed by atoms with Gasteiger partial charge in [0.05, 0.1) is 12.0 Å². The van der Waals surface area contributed by atoms with Crippen LogP contribution in [-0.4, -0.2) is 59.9 Å². The van der Waals surface area contributed by atoms with Crippen molar-refractivity contribution >= 4 is 17.7 Å². The van der Waals surface area contributed by atoms with E-state index < -0.39 is 17.1 Å². The van der Waals surface area contributed by atoms with Crippen LogP contribution in [0.15, 0.2) is 24.3 Å². The second kappa shape index (κ2) is 9.25. The fourth-order valence-corrected chi connectivity index (χ4v) is 4.81. The molecule has 2 aliphatic rings. The van der Waals surface area contributed by atoms with E-state index in [-0.39, 0.29) is 42.3 Å². The van der Waals surface area contributed by atoms with Crippen LogP contribution in [0, 0.1) is 5.82 Å². The van der Waals surface area contributed by atoms with E-state index in [0.717, 1.165) is 25.7 Å². The fraction of sp³-hybridized carbons (Fsp3) is 0.609. The molecule has 0 N–H and O–H groups in total. The van der Waals surface area contributed by atoms with Crippen molar-refractivity contribution in [3.63, 3.8) is 0 Å². The van der Waals surface area contributed by atoms with Crippen molar-refractivity contribution in [1.82, 2.24) is 9.80 Å². The second-order valence-corrected chi connectivity index (χ2v) is 8.60. The average molecular weight is 419 g/mol. The van der Waals surface area contributed by atoms with Crippen LogP contribution in [0.25, 0.3) is 0 Å². The number of likely N-dealkylation sites (tertiary alicyclic amines) is 1. The van der Waals surface area contributed by atoms with E-state index in [1.807, 2.05) is 13.8 Å². The molecule has 0 aromatic heterocycles. The highest BCUT2D eigenvalue weighted by atomic mass is 19.1. The molecule has 3 amide bonds. The Kier molecular flexibility index (Phi) is 6.91. The molecule has 0 unspecified atom stereocenters. The number of imide groups is 1. The summed E-state index contributed by atoms with van der Waals surface area (Å²) >= 11 is 0. The number of nitrogens with zero attached hydrogens (tertiary/aromatic N) is 2. The number of methoxy groups -OCH3 is 1. The fourth-order valence-electron chi connectivity index (χ4n) is 4.81. The molecule has 1 saturated carbocycles. The first kappa shape index (κ1) is 22.4. The summed E-state index contributed by atoms with van der Waals surface area (Å²) in [4.78, 5) is 42.9. The second-order valence-electron chi connectivity index (χ2n) is 8.60. The SMILES string of the molecule is COCCN(C(=O)C[C@@]1(c2ccccc2F)CC(=O)N(C2CCCC2)C1=O)C(C)C. The molecule has 1 atom stereocenters. The van der Waals surface area contributed by atoms with Crippen molar-refractivity contribution in [2.45, 2.75) is 69.9 Å². The molecular weight excluding hydrogens is 387 g/mol. The van der Waals surface area contributed by atoms with Crippen molar-refractivity contribution in [3.05, 3.63) is 35.6 Å². The first-order valence-corrected chi connectivity index (χ1v) is 10.7. The normalized spacial score (nSPS) is 22.4. The Labute approximate surface area is 177 Å². The minimum Gasteiger partial charge on any atom is -0.383 e. The Morgan fingerprint density at radius 3 is 2.53 bits per heavy atom. The molecule has 0 spiro atoms. The van der Waals surface area contributed by atoms with Gasteiger partial charge >= 0.3 is 0 Å². The maximum absolute atomic E-state index is 14.9. The van der Waals surface area contributed by atoms with E-state index in [1.54, 1.807) is 24.1 Å². The first-order valence-electron chi connectivity index (χ1n) is 10.7. The molecule has 1 aromatic rings. The van der Waals surface area contributed by atoms with Crippen molar-refractivity contribution < 1.29 is 23.5 Å². The molecule has 1 aliphatic carbocycles. The van der Waals surface area contributed by atoms with Gasteiger partial charge in [0.25, 0.3) is 0 Å². The van der Waals surface area contributed by atoms with Crippen LogP contribution in [0.5, 0.6) is 0 Å². The van der Waals surface area contributed by atoms with Gasteiger partial charge in [-0.05, 0) is 32.8 Å². The molecule has 7 heteroatoms. The van der Waals surface area contributed by atoms with Gasteiger partial charge in [-0.15, -0.1) is 0 Å². The van der Waals surface area contributed by atoms with E-state index in [0.29, 0.717) is 13.2 Å². The van der Waals surface area contributed by atoms with Crippen molar-refractivity contribution in [2.24, 2.45) is 0 Å². The third kappa shape index (κ3) is 4.13. The average Bonchev–Trinajstić information content (AvgIpc) is 3.29. The van der Waals surface area contributed by atoms with Crippen molar-refractivity contribution in [2.75, 3.05) is 20.3 Å². The molecule has 30 heavy (non-hydrogen) atoms. The number of benzene rings is 1. The molecule has 2 fully saturated rings. The minimum absolute atomic E-state index is 0.108. The number of carbonyl (C=O) groups is 3. The van der Waals surface area contributed by atoms with Gasteiger partial charge in [0.15, 0.2) is 0 Å². The smallest absolute Gasteiger partial charge is 0.241 e. The Balaban J connectivity index is 1.99. The summed E-state index contributed by atoms with van der Waals surface area (Å²) in [5.74, 6) is -1.59. The predicted molar refractivity (Wildman–Crippen MR) is 110 cm³/mol. The zero-order valence-corrected chi connectivity index (χ0v) is 18.0. The Morgan fingerprint density at radius 1 is 1.27 bits per heavy atom. The predicted octanol–water partition coefficient (Wildman–Crippen LogP) is 3.04. The van der Waals surface area contributed by atoms with Crippen LogP contribution in [-0.2, 0) is 24.5 Å². The Bertz CT molecular complexity index is 806. The van der Waals surface area contributed by atoms with E-state index >= 15 is 0 Å².